The van der Waals surface area contributed by atoms with Gasteiger partial charge in [-0.2, -0.15) is 0 Å². The number of fused-ring (bicyclic) bond motifs is 1. The molecule has 0 fully saturated rings. The molecule has 1 atom stereocenters. The van der Waals surface area contributed by atoms with Crippen LogP contribution in [-0.4, -0.2) is 4.98 Å². The van der Waals surface area contributed by atoms with Crippen LogP contribution >= 0.6 is 11.3 Å². The first-order chi connectivity index (χ1) is 6.31. The summed E-state index contributed by atoms with van der Waals surface area (Å²) in [7, 11) is 0. The molecule has 0 bridgehead atoms. The molecule has 0 radical (unpaired) electrons. The van der Waals surface area contributed by atoms with Gasteiger partial charge in [-0.3, -0.25) is 4.84 Å². The largest absolute Gasteiger partial charge is 0.294 e. The first-order valence-corrected chi connectivity index (χ1v) is 4.84. The molecule has 0 saturated heterocycles. The second-order valence-electron chi connectivity index (χ2n) is 2.80. The summed E-state index contributed by atoms with van der Waals surface area (Å²) in [5, 5.41) is 0.920. The maximum atomic E-state index is 5.09. The van der Waals surface area contributed by atoms with E-state index in [1.165, 1.54) is 4.70 Å². The summed E-state index contributed by atoms with van der Waals surface area (Å²) in [5.41, 5.74) is 1.01. The van der Waals surface area contributed by atoms with Crippen LogP contribution in [0.25, 0.3) is 10.2 Å². The number of hydrogen-bond acceptors (Lipinski definition) is 4. The lowest BCUT2D eigenvalue weighted by Gasteiger charge is -2.01. The van der Waals surface area contributed by atoms with Gasteiger partial charge in [-0.25, -0.2) is 10.9 Å². The normalized spacial score (nSPS) is 13.4. The number of nitrogens with two attached hydrogens (primary N) is 1. The molecule has 13 heavy (non-hydrogen) atoms. The summed E-state index contributed by atoms with van der Waals surface area (Å²) < 4.78 is 1.17. The number of thiazole rings is 1. The zero-order valence-corrected chi connectivity index (χ0v) is 8.04. The Labute approximate surface area is 80.1 Å². The van der Waals surface area contributed by atoms with Crippen LogP contribution in [-0.2, 0) is 4.84 Å². The Bertz CT molecular complexity index is 380. The van der Waals surface area contributed by atoms with Crippen LogP contribution in [0.1, 0.15) is 18.0 Å². The van der Waals surface area contributed by atoms with Crippen molar-refractivity contribution in [3.05, 3.63) is 29.3 Å². The average molecular weight is 194 g/mol. The summed E-state index contributed by atoms with van der Waals surface area (Å²) in [4.78, 5) is 9.11. The van der Waals surface area contributed by atoms with E-state index in [0.29, 0.717) is 0 Å². The van der Waals surface area contributed by atoms with Crippen LogP contribution in [0.3, 0.4) is 0 Å². The Kier molecular flexibility index (Phi) is 2.26. The average Bonchev–Trinajstić information content (AvgIpc) is 2.59. The molecule has 0 aliphatic heterocycles. The monoisotopic (exact) mass is 194 g/mol. The van der Waals surface area contributed by atoms with Crippen LogP contribution in [0.5, 0.6) is 0 Å². The molecular weight excluding hydrogens is 184 g/mol. The summed E-state index contributed by atoms with van der Waals surface area (Å²) in [6.45, 7) is 1.89. The molecule has 1 aromatic carbocycles. The standard InChI is InChI=1S/C9H10N2OS/c1-6(12-10)9-11-7-4-2-3-5-8(7)13-9/h2-6H,10H2,1H3/t6-/m1/s1. The molecule has 0 spiro atoms. The van der Waals surface area contributed by atoms with Crippen molar-refractivity contribution in [3.8, 4) is 0 Å². The molecule has 0 amide bonds. The fraction of sp³-hybridized carbons (Fsp3) is 0.222. The van der Waals surface area contributed by atoms with Crippen LogP contribution in [0.15, 0.2) is 24.3 Å². The van der Waals surface area contributed by atoms with Crippen molar-refractivity contribution in [2.45, 2.75) is 13.0 Å². The number of benzene rings is 1. The van der Waals surface area contributed by atoms with Crippen LogP contribution in [0.2, 0.25) is 0 Å². The Balaban J connectivity index is 2.49. The van der Waals surface area contributed by atoms with Gasteiger partial charge in [-0.15, -0.1) is 11.3 Å². The molecule has 1 aromatic heterocycles. The second kappa shape index (κ2) is 3.41. The molecule has 2 N–H and O–H groups in total. The smallest absolute Gasteiger partial charge is 0.127 e. The van der Waals surface area contributed by atoms with Gasteiger partial charge in [0.15, 0.2) is 0 Å². The highest BCUT2D eigenvalue weighted by atomic mass is 32.1. The lowest BCUT2D eigenvalue weighted by atomic mass is 10.3. The topological polar surface area (TPSA) is 48.1 Å². The minimum Gasteiger partial charge on any atom is -0.294 e. The second-order valence-corrected chi connectivity index (χ2v) is 3.86. The fourth-order valence-electron chi connectivity index (χ4n) is 1.12. The third kappa shape index (κ3) is 1.56. The van der Waals surface area contributed by atoms with Crippen molar-refractivity contribution in [1.29, 1.82) is 0 Å². The number of hydrogen-bond donors (Lipinski definition) is 1. The molecule has 2 aromatic rings. The van der Waals surface area contributed by atoms with E-state index in [1.54, 1.807) is 11.3 Å². The van der Waals surface area contributed by atoms with E-state index in [-0.39, 0.29) is 6.10 Å². The Hall–Kier alpha value is -0.970. The number of aromatic nitrogens is 1. The van der Waals surface area contributed by atoms with Crippen molar-refractivity contribution < 1.29 is 4.84 Å². The van der Waals surface area contributed by atoms with E-state index in [0.717, 1.165) is 10.5 Å². The predicted octanol–water partition coefficient (Wildman–Crippen LogP) is 2.25. The van der Waals surface area contributed by atoms with Crippen molar-refractivity contribution in [2.24, 2.45) is 5.90 Å². The molecule has 1 heterocycles. The Morgan fingerprint density at radius 2 is 2.23 bits per heavy atom. The van der Waals surface area contributed by atoms with E-state index >= 15 is 0 Å². The third-order valence-corrected chi connectivity index (χ3v) is 3.06. The first kappa shape index (κ1) is 8.62. The zero-order valence-electron chi connectivity index (χ0n) is 7.23. The summed E-state index contributed by atoms with van der Waals surface area (Å²) in [6.07, 6.45) is -0.127. The van der Waals surface area contributed by atoms with Gasteiger partial charge in [0, 0.05) is 0 Å². The van der Waals surface area contributed by atoms with Gasteiger partial charge >= 0.3 is 0 Å². The molecule has 0 aliphatic carbocycles. The molecule has 0 aliphatic rings. The van der Waals surface area contributed by atoms with E-state index in [9.17, 15) is 0 Å². The van der Waals surface area contributed by atoms with Crippen molar-refractivity contribution >= 4 is 21.6 Å². The quantitative estimate of drug-likeness (QED) is 0.746. The summed E-state index contributed by atoms with van der Waals surface area (Å²) >= 11 is 1.61. The van der Waals surface area contributed by atoms with Crippen LogP contribution in [0, 0.1) is 0 Å². The molecule has 4 heteroatoms. The maximum absolute atomic E-state index is 5.09. The Morgan fingerprint density at radius 1 is 1.46 bits per heavy atom. The lowest BCUT2D eigenvalue weighted by molar-refractivity contribution is 0.0663. The van der Waals surface area contributed by atoms with Gasteiger partial charge in [-0.1, -0.05) is 12.1 Å². The van der Waals surface area contributed by atoms with Gasteiger partial charge in [-0.05, 0) is 19.1 Å². The predicted molar refractivity (Wildman–Crippen MR) is 53.3 cm³/mol. The zero-order chi connectivity index (χ0) is 9.26. The van der Waals surface area contributed by atoms with E-state index in [2.05, 4.69) is 4.98 Å². The first-order valence-electron chi connectivity index (χ1n) is 4.02. The molecule has 2 rings (SSSR count). The SMILES string of the molecule is C[C@@H](ON)c1nc2ccccc2s1. The lowest BCUT2D eigenvalue weighted by Crippen LogP contribution is -2.04. The van der Waals surface area contributed by atoms with Crippen LogP contribution < -0.4 is 5.90 Å². The minimum absolute atomic E-state index is 0.127. The number of para-hydroxylation sites is 1. The minimum atomic E-state index is -0.127. The van der Waals surface area contributed by atoms with Gasteiger partial charge < -0.3 is 0 Å². The number of rotatable bonds is 2. The van der Waals surface area contributed by atoms with Crippen LogP contribution in [0.4, 0.5) is 0 Å². The Morgan fingerprint density at radius 3 is 2.92 bits per heavy atom. The highest BCUT2D eigenvalue weighted by molar-refractivity contribution is 7.18. The van der Waals surface area contributed by atoms with E-state index in [4.69, 9.17) is 10.7 Å². The molecule has 0 saturated carbocycles. The molecular formula is C9H10N2OS. The highest BCUT2D eigenvalue weighted by Crippen LogP contribution is 2.26. The highest BCUT2D eigenvalue weighted by Gasteiger charge is 2.09. The van der Waals surface area contributed by atoms with Gasteiger partial charge in [0.05, 0.1) is 10.2 Å². The molecule has 3 nitrogen and oxygen atoms in total. The van der Waals surface area contributed by atoms with E-state index in [1.807, 2.05) is 31.2 Å². The van der Waals surface area contributed by atoms with Crippen molar-refractivity contribution in [1.82, 2.24) is 4.98 Å². The van der Waals surface area contributed by atoms with Gasteiger partial charge in [0.1, 0.15) is 11.1 Å². The van der Waals surface area contributed by atoms with Gasteiger partial charge in [0.25, 0.3) is 0 Å². The van der Waals surface area contributed by atoms with E-state index < -0.39 is 0 Å². The van der Waals surface area contributed by atoms with Crippen molar-refractivity contribution in [2.75, 3.05) is 0 Å². The number of nitrogens with zero attached hydrogens (tertiary/aromatic N) is 1. The van der Waals surface area contributed by atoms with Gasteiger partial charge in [0.2, 0.25) is 0 Å². The summed E-state index contributed by atoms with van der Waals surface area (Å²) in [6, 6.07) is 8.00. The maximum Gasteiger partial charge on any atom is 0.127 e. The third-order valence-electron chi connectivity index (χ3n) is 1.86. The van der Waals surface area contributed by atoms with Crippen molar-refractivity contribution in [3.63, 3.8) is 0 Å². The summed E-state index contributed by atoms with van der Waals surface area (Å²) in [5.74, 6) is 5.09. The fourth-order valence-corrected chi connectivity index (χ4v) is 2.08. The molecule has 0 unspecified atom stereocenters. The molecule has 68 valence electrons.